The lowest BCUT2D eigenvalue weighted by Crippen LogP contribution is -2.37. The van der Waals surface area contributed by atoms with Gasteiger partial charge in [0.1, 0.15) is 0 Å². The van der Waals surface area contributed by atoms with E-state index in [1.807, 2.05) is 7.05 Å². The van der Waals surface area contributed by atoms with Gasteiger partial charge < -0.3 is 10.2 Å². The van der Waals surface area contributed by atoms with Gasteiger partial charge in [-0.15, -0.1) is 0 Å². The highest BCUT2D eigenvalue weighted by molar-refractivity contribution is 5.55. The fourth-order valence-electron chi connectivity index (χ4n) is 2.36. The number of hydrogen-bond donors (Lipinski definition) is 1. The van der Waals surface area contributed by atoms with Gasteiger partial charge in [-0.25, -0.2) is 0 Å². The van der Waals surface area contributed by atoms with Crippen LogP contribution in [0.1, 0.15) is 30.4 Å². The predicted molar refractivity (Wildman–Crippen MR) is 70.0 cm³/mol. The van der Waals surface area contributed by atoms with Crippen molar-refractivity contribution in [2.75, 3.05) is 19.0 Å². The Balaban J connectivity index is 2.23. The molecule has 1 fully saturated rings. The third-order valence-corrected chi connectivity index (χ3v) is 3.60. The van der Waals surface area contributed by atoms with Crippen LogP contribution in [0.25, 0.3) is 0 Å². The zero-order chi connectivity index (χ0) is 11.5. The molecule has 0 radical (unpaired) electrons. The molecule has 0 atom stereocenters. The van der Waals surface area contributed by atoms with E-state index >= 15 is 0 Å². The van der Waals surface area contributed by atoms with Crippen LogP contribution in [0.15, 0.2) is 18.2 Å². The third kappa shape index (κ3) is 2.22. The van der Waals surface area contributed by atoms with E-state index < -0.39 is 0 Å². The van der Waals surface area contributed by atoms with Crippen molar-refractivity contribution in [3.8, 4) is 0 Å². The Morgan fingerprint density at radius 2 is 2.12 bits per heavy atom. The second-order valence-electron chi connectivity index (χ2n) is 4.86. The lowest BCUT2D eigenvalue weighted by Gasteiger charge is -2.37. The summed E-state index contributed by atoms with van der Waals surface area (Å²) < 4.78 is 0. The van der Waals surface area contributed by atoms with Crippen molar-refractivity contribution in [1.82, 2.24) is 5.32 Å². The Hall–Kier alpha value is -1.02. The van der Waals surface area contributed by atoms with E-state index in [0.717, 1.165) is 12.6 Å². The number of aryl methyl sites for hydroxylation is 1. The van der Waals surface area contributed by atoms with Crippen LogP contribution in [0, 0.1) is 6.92 Å². The van der Waals surface area contributed by atoms with Crippen molar-refractivity contribution in [3.05, 3.63) is 29.3 Å². The minimum Gasteiger partial charge on any atom is -0.371 e. The molecule has 1 aromatic rings. The molecule has 0 amide bonds. The summed E-state index contributed by atoms with van der Waals surface area (Å²) in [4.78, 5) is 2.45. The van der Waals surface area contributed by atoms with E-state index in [2.05, 4.69) is 42.4 Å². The first-order chi connectivity index (χ1) is 7.72. The fourth-order valence-corrected chi connectivity index (χ4v) is 2.36. The van der Waals surface area contributed by atoms with E-state index in [9.17, 15) is 0 Å². The summed E-state index contributed by atoms with van der Waals surface area (Å²) >= 11 is 0. The summed E-state index contributed by atoms with van der Waals surface area (Å²) in [6, 6.07) is 7.53. The molecule has 1 aromatic carbocycles. The zero-order valence-corrected chi connectivity index (χ0v) is 10.6. The van der Waals surface area contributed by atoms with Crippen LogP contribution < -0.4 is 10.2 Å². The summed E-state index contributed by atoms with van der Waals surface area (Å²) in [6.45, 7) is 3.11. The molecule has 1 N–H and O–H groups in total. The van der Waals surface area contributed by atoms with Gasteiger partial charge in [-0.1, -0.05) is 17.7 Å². The molecule has 0 unspecified atom stereocenters. The number of anilines is 1. The van der Waals surface area contributed by atoms with Crippen molar-refractivity contribution < 1.29 is 0 Å². The van der Waals surface area contributed by atoms with Crippen LogP contribution >= 0.6 is 0 Å². The van der Waals surface area contributed by atoms with E-state index in [1.54, 1.807) is 0 Å². The first-order valence-electron chi connectivity index (χ1n) is 6.19. The fraction of sp³-hybridized carbons (Fsp3) is 0.571. The lowest BCUT2D eigenvalue weighted by atomic mass is 9.91. The summed E-state index contributed by atoms with van der Waals surface area (Å²) in [6.07, 6.45) is 4.09. The van der Waals surface area contributed by atoms with Gasteiger partial charge >= 0.3 is 0 Å². The van der Waals surface area contributed by atoms with Crippen LogP contribution in [0.4, 0.5) is 5.69 Å². The average molecular weight is 218 g/mol. The van der Waals surface area contributed by atoms with Gasteiger partial charge in [-0.3, -0.25) is 0 Å². The lowest BCUT2D eigenvalue weighted by molar-refractivity contribution is 0.400. The maximum absolute atomic E-state index is 3.25. The standard InChI is InChI=1S/C14H22N2/c1-11-7-8-14(12(9-11)10-15-2)16(3)13-5-4-6-13/h7-9,13,15H,4-6,10H2,1-3H3. The molecule has 1 aliphatic carbocycles. The Bertz CT molecular complexity index is 356. The molecule has 88 valence electrons. The minimum atomic E-state index is 0.762. The molecule has 0 saturated heterocycles. The van der Waals surface area contributed by atoms with Crippen molar-refractivity contribution >= 4 is 5.69 Å². The molecule has 2 nitrogen and oxygen atoms in total. The predicted octanol–water partition coefficient (Wildman–Crippen LogP) is 2.70. The zero-order valence-electron chi connectivity index (χ0n) is 10.6. The van der Waals surface area contributed by atoms with Gasteiger partial charge in [0, 0.05) is 25.3 Å². The summed E-state index contributed by atoms with van der Waals surface area (Å²) in [5, 5.41) is 3.25. The first kappa shape index (κ1) is 11.5. The third-order valence-electron chi connectivity index (χ3n) is 3.60. The molecule has 0 heterocycles. The molecular formula is C14H22N2. The number of nitrogens with one attached hydrogen (secondary N) is 1. The first-order valence-corrected chi connectivity index (χ1v) is 6.19. The molecule has 0 aromatic heterocycles. The molecule has 1 aliphatic rings. The second-order valence-corrected chi connectivity index (χ2v) is 4.86. The minimum absolute atomic E-state index is 0.762. The number of hydrogen-bond acceptors (Lipinski definition) is 2. The quantitative estimate of drug-likeness (QED) is 0.836. The molecule has 16 heavy (non-hydrogen) atoms. The number of benzene rings is 1. The number of nitrogens with zero attached hydrogens (tertiary/aromatic N) is 1. The Labute approximate surface area is 98.7 Å². The van der Waals surface area contributed by atoms with Gasteiger partial charge in [-0.2, -0.15) is 0 Å². The van der Waals surface area contributed by atoms with Crippen molar-refractivity contribution in [1.29, 1.82) is 0 Å². The smallest absolute Gasteiger partial charge is 0.0411 e. The van der Waals surface area contributed by atoms with Crippen LogP contribution in [0.3, 0.4) is 0 Å². The van der Waals surface area contributed by atoms with Crippen LogP contribution in [0.5, 0.6) is 0 Å². The Morgan fingerprint density at radius 3 is 2.69 bits per heavy atom. The van der Waals surface area contributed by atoms with Crippen LogP contribution in [-0.4, -0.2) is 20.1 Å². The van der Waals surface area contributed by atoms with E-state index in [-0.39, 0.29) is 0 Å². The maximum atomic E-state index is 3.25. The maximum Gasteiger partial charge on any atom is 0.0411 e. The molecular weight excluding hydrogens is 196 g/mol. The molecule has 0 aliphatic heterocycles. The largest absolute Gasteiger partial charge is 0.371 e. The van der Waals surface area contributed by atoms with Crippen molar-refractivity contribution in [2.45, 2.75) is 38.8 Å². The highest BCUT2D eigenvalue weighted by Crippen LogP contribution is 2.30. The van der Waals surface area contributed by atoms with E-state index in [1.165, 1.54) is 36.1 Å². The summed E-state index contributed by atoms with van der Waals surface area (Å²) in [7, 11) is 4.24. The van der Waals surface area contributed by atoms with Gasteiger partial charge in [0.15, 0.2) is 0 Å². The van der Waals surface area contributed by atoms with Gasteiger partial charge in [0.25, 0.3) is 0 Å². The Morgan fingerprint density at radius 1 is 1.38 bits per heavy atom. The van der Waals surface area contributed by atoms with Gasteiger partial charge in [-0.05, 0) is 44.9 Å². The van der Waals surface area contributed by atoms with Crippen molar-refractivity contribution in [2.24, 2.45) is 0 Å². The molecule has 1 saturated carbocycles. The SMILES string of the molecule is CNCc1cc(C)ccc1N(C)C1CCC1. The molecule has 0 spiro atoms. The number of rotatable bonds is 4. The van der Waals surface area contributed by atoms with Gasteiger partial charge in [0.05, 0.1) is 0 Å². The molecule has 0 bridgehead atoms. The van der Waals surface area contributed by atoms with Crippen LogP contribution in [0.2, 0.25) is 0 Å². The molecule has 2 heteroatoms. The Kier molecular flexibility index (Phi) is 3.49. The molecule has 2 rings (SSSR count). The topological polar surface area (TPSA) is 15.3 Å². The highest BCUT2D eigenvalue weighted by Gasteiger charge is 2.23. The van der Waals surface area contributed by atoms with Gasteiger partial charge in [0.2, 0.25) is 0 Å². The second kappa shape index (κ2) is 4.88. The summed E-state index contributed by atoms with van der Waals surface area (Å²) in [5.41, 5.74) is 4.15. The van der Waals surface area contributed by atoms with E-state index in [0.29, 0.717) is 0 Å². The monoisotopic (exact) mass is 218 g/mol. The highest BCUT2D eigenvalue weighted by atomic mass is 15.1. The van der Waals surface area contributed by atoms with Crippen LogP contribution in [-0.2, 0) is 6.54 Å². The van der Waals surface area contributed by atoms with E-state index in [4.69, 9.17) is 0 Å². The summed E-state index contributed by atoms with van der Waals surface area (Å²) in [5.74, 6) is 0. The average Bonchev–Trinajstić information content (AvgIpc) is 2.15. The normalized spacial score (nSPS) is 15.9. The van der Waals surface area contributed by atoms with Crippen molar-refractivity contribution in [3.63, 3.8) is 0 Å².